The van der Waals surface area contributed by atoms with Crippen LogP contribution >= 0.6 is 65.9 Å². The summed E-state index contributed by atoms with van der Waals surface area (Å²) < 4.78 is 4.58. The van der Waals surface area contributed by atoms with Crippen LogP contribution in [-0.4, -0.2) is 31.2 Å². The molecule has 0 unspecified atom stereocenters. The van der Waals surface area contributed by atoms with Crippen molar-refractivity contribution in [2.24, 2.45) is 0 Å². The summed E-state index contributed by atoms with van der Waals surface area (Å²) in [6.07, 6.45) is 1.99. The number of alkyl halides is 1. The third kappa shape index (κ3) is 3.05. The van der Waals surface area contributed by atoms with Gasteiger partial charge in [0.2, 0.25) is 0 Å². The number of anilines is 1. The van der Waals surface area contributed by atoms with Crippen LogP contribution in [0.2, 0.25) is 0 Å². The molecule has 3 N–H and O–H groups in total. The smallest absolute Gasteiger partial charge is 0.136 e. The monoisotopic (exact) mass is 640 g/mol. The zero-order chi connectivity index (χ0) is 16.7. The second-order valence-corrected chi connectivity index (χ2v) is 10.6. The molecule has 0 saturated carbocycles. The number of hydrogen-bond acceptors (Lipinski definition) is 3. The Morgan fingerprint density at radius 3 is 2.74 bits per heavy atom. The van der Waals surface area contributed by atoms with Crippen molar-refractivity contribution in [1.82, 2.24) is 15.4 Å². The third-order valence-corrected chi connectivity index (χ3v) is 7.87. The highest BCUT2D eigenvalue weighted by atomic mass is 127. The van der Waals surface area contributed by atoms with Crippen molar-refractivity contribution in [3.63, 3.8) is 0 Å². The molecule has 3 rings (SSSR count). The number of benzene rings is 1. The predicted molar refractivity (Wildman–Crippen MR) is 125 cm³/mol. The maximum Gasteiger partial charge on any atom is 0.136 e. The van der Waals surface area contributed by atoms with Gasteiger partial charge in [-0.1, -0.05) is 25.1 Å². The first-order chi connectivity index (χ1) is 11.0. The standard InChI is InChI=1S/C15H12BI3N4/c1-3-19-13-6(2)7(16)4-8(17)11(13)12-9(18)5-10(20)14-15(12)22-23-21-14/h4-5H,2-3,20H2,1H3,(H,21,22,23). The van der Waals surface area contributed by atoms with Crippen molar-refractivity contribution in [2.75, 3.05) is 10.2 Å². The number of nitrogens with one attached hydrogen (secondary N) is 1. The summed E-state index contributed by atoms with van der Waals surface area (Å²) in [5.41, 5.74) is 12.2. The SMILES string of the molecule is [B]C1=CC(I)=C(c2c(I)cc(N)c3n[nH]nc23)C(=ICC)C1=C. The van der Waals surface area contributed by atoms with Crippen LogP contribution in [0.4, 0.5) is 5.69 Å². The minimum atomic E-state index is -0.176. The first kappa shape index (κ1) is 17.6. The van der Waals surface area contributed by atoms with Gasteiger partial charge in [-0.2, -0.15) is 15.4 Å². The number of hydrogen-bond donors (Lipinski definition) is 2. The van der Waals surface area contributed by atoms with Crippen LogP contribution < -0.4 is 5.73 Å². The third-order valence-electron chi connectivity index (χ3n) is 3.45. The molecule has 2 radical (unpaired) electrons. The number of nitrogens with two attached hydrogens (primary N) is 1. The number of aromatic amines is 1. The Morgan fingerprint density at radius 1 is 1.35 bits per heavy atom. The van der Waals surface area contributed by atoms with Gasteiger partial charge in [-0.25, -0.2) is 0 Å². The molecule has 0 aliphatic heterocycles. The summed E-state index contributed by atoms with van der Waals surface area (Å²) in [5.74, 6) is 0. The fourth-order valence-electron chi connectivity index (χ4n) is 2.42. The summed E-state index contributed by atoms with van der Waals surface area (Å²) in [7, 11) is 6.15. The van der Waals surface area contributed by atoms with Gasteiger partial charge >= 0.3 is 0 Å². The van der Waals surface area contributed by atoms with Crippen molar-refractivity contribution >= 4 is 99.6 Å². The van der Waals surface area contributed by atoms with Gasteiger partial charge in [0.1, 0.15) is 18.9 Å². The highest BCUT2D eigenvalue weighted by Crippen LogP contribution is 2.41. The number of rotatable bonds is 2. The molecule has 116 valence electrons. The molecule has 1 heterocycles. The normalized spacial score (nSPS) is 17.6. The molecule has 4 nitrogen and oxygen atoms in total. The van der Waals surface area contributed by atoms with E-state index in [0.29, 0.717) is 11.2 Å². The van der Waals surface area contributed by atoms with Crippen LogP contribution in [0.3, 0.4) is 0 Å². The number of H-pyrrole nitrogens is 1. The molecule has 8 heteroatoms. The van der Waals surface area contributed by atoms with E-state index < -0.39 is 0 Å². The summed E-state index contributed by atoms with van der Waals surface area (Å²) in [6, 6.07) is 1.95. The summed E-state index contributed by atoms with van der Waals surface area (Å²) in [4.78, 5) is 0. The van der Waals surface area contributed by atoms with E-state index in [1.54, 1.807) is 0 Å². The van der Waals surface area contributed by atoms with Gasteiger partial charge in [0.15, 0.2) is 0 Å². The lowest BCUT2D eigenvalue weighted by molar-refractivity contribution is 0.959. The molecule has 1 aliphatic carbocycles. The van der Waals surface area contributed by atoms with Gasteiger partial charge in [-0.3, -0.25) is 0 Å². The number of halogens is 3. The zero-order valence-corrected chi connectivity index (χ0v) is 18.7. The lowest BCUT2D eigenvalue weighted by Gasteiger charge is -2.23. The van der Waals surface area contributed by atoms with E-state index in [1.165, 1.54) is 9.08 Å². The quantitative estimate of drug-likeness (QED) is 0.226. The Morgan fingerprint density at radius 2 is 2.04 bits per heavy atom. The minimum Gasteiger partial charge on any atom is -0.397 e. The minimum absolute atomic E-state index is 0.176. The van der Waals surface area contributed by atoms with Crippen molar-refractivity contribution in [3.05, 3.63) is 42.5 Å². The van der Waals surface area contributed by atoms with Crippen LogP contribution in [0.5, 0.6) is 0 Å². The molecule has 0 spiro atoms. The van der Waals surface area contributed by atoms with Gasteiger partial charge in [-0.15, -0.1) is 20.7 Å². The van der Waals surface area contributed by atoms with Crippen molar-refractivity contribution in [1.29, 1.82) is 0 Å². The maximum absolute atomic E-state index is 6.15. The maximum atomic E-state index is 6.15. The van der Waals surface area contributed by atoms with E-state index in [0.717, 1.165) is 33.7 Å². The highest BCUT2D eigenvalue weighted by molar-refractivity contribution is 14.2. The highest BCUT2D eigenvalue weighted by Gasteiger charge is 2.25. The van der Waals surface area contributed by atoms with E-state index in [2.05, 4.69) is 74.1 Å². The Balaban J connectivity index is 2.41. The fraction of sp³-hybridized carbons (Fsp3) is 0.133. The molecule has 0 saturated heterocycles. The van der Waals surface area contributed by atoms with Crippen LogP contribution in [0, 0.1) is 3.57 Å². The first-order valence-corrected chi connectivity index (χ1v) is 11.5. The van der Waals surface area contributed by atoms with Crippen molar-refractivity contribution in [3.8, 4) is 0 Å². The topological polar surface area (TPSA) is 67.6 Å². The molecular formula is C15H12BI3N4. The van der Waals surface area contributed by atoms with E-state index in [-0.39, 0.29) is 20.7 Å². The van der Waals surface area contributed by atoms with Crippen molar-refractivity contribution < 1.29 is 0 Å². The number of aromatic nitrogens is 3. The molecule has 0 atom stereocenters. The molecular weight excluding hydrogens is 628 g/mol. The van der Waals surface area contributed by atoms with Crippen LogP contribution in [0.15, 0.2) is 33.3 Å². The Kier molecular flexibility index (Phi) is 5.31. The van der Waals surface area contributed by atoms with Crippen molar-refractivity contribution in [2.45, 2.75) is 6.92 Å². The Hall–Kier alpha value is -0.235. The molecule has 0 bridgehead atoms. The molecule has 2 aromatic rings. The van der Waals surface area contributed by atoms with E-state index in [1.807, 2.05) is 12.1 Å². The Labute approximate surface area is 172 Å². The number of nitrogen functional groups attached to an aromatic ring is 1. The second kappa shape index (κ2) is 6.94. The largest absolute Gasteiger partial charge is 0.397 e. The molecule has 1 aromatic carbocycles. The van der Waals surface area contributed by atoms with Crippen LogP contribution in [0.25, 0.3) is 16.6 Å². The van der Waals surface area contributed by atoms with Gasteiger partial charge in [0.05, 0.1) is 5.69 Å². The second-order valence-electron chi connectivity index (χ2n) is 4.86. The van der Waals surface area contributed by atoms with Crippen LogP contribution in [-0.2, 0) is 0 Å². The average molecular weight is 640 g/mol. The van der Waals surface area contributed by atoms with Gasteiger partial charge in [0.25, 0.3) is 0 Å². The van der Waals surface area contributed by atoms with Crippen LogP contribution in [0.1, 0.15) is 12.5 Å². The Bertz CT molecular complexity index is 924. The summed E-state index contributed by atoms with van der Waals surface area (Å²) in [5, 5.41) is 11.2. The molecule has 1 aliphatic rings. The van der Waals surface area contributed by atoms with E-state index >= 15 is 0 Å². The molecule has 0 amide bonds. The van der Waals surface area contributed by atoms with E-state index in [4.69, 9.17) is 13.6 Å². The summed E-state index contributed by atoms with van der Waals surface area (Å²) in [6.45, 7) is 6.41. The lowest BCUT2D eigenvalue weighted by Crippen LogP contribution is -2.13. The molecule has 0 fully saturated rings. The number of nitrogens with zero attached hydrogens (tertiary/aromatic N) is 2. The first-order valence-electron chi connectivity index (χ1n) is 6.77. The van der Waals surface area contributed by atoms with E-state index in [9.17, 15) is 0 Å². The predicted octanol–water partition coefficient (Wildman–Crippen LogP) is 4.08. The zero-order valence-electron chi connectivity index (χ0n) is 12.3. The summed E-state index contributed by atoms with van der Waals surface area (Å²) >= 11 is 4.48. The fourth-order valence-corrected chi connectivity index (χ4v) is 7.15. The number of allylic oxidation sites excluding steroid dienone is 5. The van der Waals surface area contributed by atoms with Gasteiger partial charge < -0.3 is 5.73 Å². The molecule has 23 heavy (non-hydrogen) atoms. The average Bonchev–Trinajstić information content (AvgIpc) is 2.97. The van der Waals surface area contributed by atoms with Gasteiger partial charge in [0, 0.05) is 21.8 Å². The lowest BCUT2D eigenvalue weighted by atomic mass is 9.80. The van der Waals surface area contributed by atoms with Gasteiger partial charge in [-0.05, 0) is 61.2 Å². The molecule has 1 aromatic heterocycles. The number of fused-ring (bicyclic) bond motifs is 1.